The lowest BCUT2D eigenvalue weighted by molar-refractivity contribution is 0.00578. The molecule has 0 atom stereocenters. The SMILES string of the molecule is CC1(C)OB(c2ccccc2-n2cccc2)OC1(C)C. The van der Waals surface area contributed by atoms with Gasteiger partial charge in [-0.05, 0) is 45.9 Å². The summed E-state index contributed by atoms with van der Waals surface area (Å²) in [5.74, 6) is 0. The summed E-state index contributed by atoms with van der Waals surface area (Å²) >= 11 is 0. The van der Waals surface area contributed by atoms with Gasteiger partial charge >= 0.3 is 7.12 Å². The highest BCUT2D eigenvalue weighted by molar-refractivity contribution is 6.63. The Morgan fingerprint density at radius 3 is 2.00 bits per heavy atom. The number of aromatic nitrogens is 1. The zero-order valence-electron chi connectivity index (χ0n) is 12.5. The number of hydrogen-bond acceptors (Lipinski definition) is 2. The van der Waals surface area contributed by atoms with Crippen LogP contribution in [0.3, 0.4) is 0 Å². The topological polar surface area (TPSA) is 23.4 Å². The predicted molar refractivity (Wildman–Crippen MR) is 81.5 cm³/mol. The lowest BCUT2D eigenvalue weighted by atomic mass is 9.78. The molecule has 1 aliphatic heterocycles. The summed E-state index contributed by atoms with van der Waals surface area (Å²) in [4.78, 5) is 0. The quantitative estimate of drug-likeness (QED) is 0.782. The molecule has 0 amide bonds. The normalized spacial score (nSPS) is 20.3. The standard InChI is InChI=1S/C16H20BNO2/c1-15(2)16(3,4)20-17(19-15)13-9-5-6-10-14(13)18-11-7-8-12-18/h5-12H,1-4H3. The van der Waals surface area contributed by atoms with Crippen molar-refractivity contribution in [3.8, 4) is 5.69 Å². The molecule has 0 N–H and O–H groups in total. The summed E-state index contributed by atoms with van der Waals surface area (Å²) in [7, 11) is -0.335. The van der Waals surface area contributed by atoms with E-state index in [0.717, 1.165) is 11.2 Å². The van der Waals surface area contributed by atoms with Gasteiger partial charge in [-0.15, -0.1) is 0 Å². The van der Waals surface area contributed by atoms with E-state index in [0.29, 0.717) is 0 Å². The molecule has 2 heterocycles. The molecule has 0 aliphatic carbocycles. The fraction of sp³-hybridized carbons (Fsp3) is 0.375. The van der Waals surface area contributed by atoms with Crippen molar-refractivity contribution >= 4 is 12.6 Å². The van der Waals surface area contributed by atoms with Crippen LogP contribution in [0.5, 0.6) is 0 Å². The van der Waals surface area contributed by atoms with Gasteiger partial charge in [0.05, 0.1) is 11.2 Å². The summed E-state index contributed by atoms with van der Waals surface area (Å²) in [6, 6.07) is 12.2. The molecule has 1 saturated heterocycles. The summed E-state index contributed by atoms with van der Waals surface area (Å²) in [6.45, 7) is 8.30. The van der Waals surface area contributed by atoms with Crippen molar-refractivity contribution in [3.63, 3.8) is 0 Å². The van der Waals surface area contributed by atoms with Crippen LogP contribution < -0.4 is 5.46 Å². The molecule has 3 nitrogen and oxygen atoms in total. The highest BCUT2D eigenvalue weighted by Gasteiger charge is 2.52. The van der Waals surface area contributed by atoms with Crippen LogP contribution in [0.25, 0.3) is 5.69 Å². The van der Waals surface area contributed by atoms with Crippen molar-refractivity contribution in [1.29, 1.82) is 0 Å². The van der Waals surface area contributed by atoms with Crippen molar-refractivity contribution in [2.45, 2.75) is 38.9 Å². The minimum Gasteiger partial charge on any atom is -0.399 e. The molecule has 1 aromatic carbocycles. The van der Waals surface area contributed by atoms with Crippen molar-refractivity contribution in [2.75, 3.05) is 0 Å². The van der Waals surface area contributed by atoms with E-state index in [9.17, 15) is 0 Å². The summed E-state index contributed by atoms with van der Waals surface area (Å²) in [5, 5.41) is 0. The first-order valence-electron chi connectivity index (χ1n) is 6.99. The fourth-order valence-corrected chi connectivity index (χ4v) is 2.39. The molecule has 0 unspecified atom stereocenters. The third-order valence-electron chi connectivity index (χ3n) is 4.33. The average Bonchev–Trinajstić information content (AvgIpc) is 2.97. The second-order valence-corrected chi connectivity index (χ2v) is 6.24. The molecule has 0 saturated carbocycles. The molecular weight excluding hydrogens is 249 g/mol. The number of rotatable bonds is 2. The fourth-order valence-electron chi connectivity index (χ4n) is 2.39. The maximum atomic E-state index is 6.15. The second kappa shape index (κ2) is 4.50. The largest absolute Gasteiger partial charge is 0.496 e. The van der Waals surface area contributed by atoms with Gasteiger partial charge in [0.2, 0.25) is 0 Å². The summed E-state index contributed by atoms with van der Waals surface area (Å²) in [6.07, 6.45) is 4.06. The smallest absolute Gasteiger partial charge is 0.399 e. The van der Waals surface area contributed by atoms with Crippen LogP contribution in [0.1, 0.15) is 27.7 Å². The van der Waals surface area contributed by atoms with E-state index in [1.54, 1.807) is 0 Å². The number of para-hydroxylation sites is 1. The molecular formula is C16H20BNO2. The molecule has 1 aliphatic rings. The van der Waals surface area contributed by atoms with Crippen molar-refractivity contribution in [1.82, 2.24) is 4.57 Å². The number of benzene rings is 1. The lowest BCUT2D eigenvalue weighted by Crippen LogP contribution is -2.41. The van der Waals surface area contributed by atoms with Crippen molar-refractivity contribution in [2.24, 2.45) is 0 Å². The Balaban J connectivity index is 2.01. The zero-order chi connectivity index (χ0) is 14.4. The van der Waals surface area contributed by atoms with E-state index >= 15 is 0 Å². The molecule has 2 aromatic rings. The van der Waals surface area contributed by atoms with Crippen LogP contribution in [0.4, 0.5) is 0 Å². The van der Waals surface area contributed by atoms with Gasteiger partial charge in [0.1, 0.15) is 0 Å². The van der Waals surface area contributed by atoms with Crippen LogP contribution in [-0.2, 0) is 9.31 Å². The van der Waals surface area contributed by atoms with E-state index < -0.39 is 0 Å². The highest BCUT2D eigenvalue weighted by Crippen LogP contribution is 2.36. The van der Waals surface area contributed by atoms with Gasteiger partial charge < -0.3 is 13.9 Å². The van der Waals surface area contributed by atoms with Gasteiger partial charge in [0, 0.05) is 23.5 Å². The monoisotopic (exact) mass is 269 g/mol. The first-order chi connectivity index (χ1) is 9.41. The van der Waals surface area contributed by atoms with Gasteiger partial charge in [-0.1, -0.05) is 18.2 Å². The Kier molecular flexibility index (Phi) is 3.03. The molecule has 1 fully saturated rings. The molecule has 0 bridgehead atoms. The molecule has 0 spiro atoms. The van der Waals surface area contributed by atoms with Crippen LogP contribution in [0.2, 0.25) is 0 Å². The molecule has 0 radical (unpaired) electrons. The molecule has 20 heavy (non-hydrogen) atoms. The van der Waals surface area contributed by atoms with Gasteiger partial charge in [0.25, 0.3) is 0 Å². The highest BCUT2D eigenvalue weighted by atomic mass is 16.7. The maximum Gasteiger partial charge on any atom is 0.496 e. The molecule has 3 rings (SSSR count). The number of nitrogens with zero attached hydrogens (tertiary/aromatic N) is 1. The van der Waals surface area contributed by atoms with Crippen LogP contribution in [0.15, 0.2) is 48.8 Å². The lowest BCUT2D eigenvalue weighted by Gasteiger charge is -2.32. The van der Waals surface area contributed by atoms with Gasteiger partial charge in [-0.3, -0.25) is 0 Å². The first-order valence-corrected chi connectivity index (χ1v) is 6.99. The Morgan fingerprint density at radius 2 is 1.40 bits per heavy atom. The minimum atomic E-state index is -0.335. The van der Waals surface area contributed by atoms with E-state index in [-0.39, 0.29) is 18.3 Å². The molecule has 104 valence electrons. The minimum absolute atomic E-state index is 0.318. The van der Waals surface area contributed by atoms with Crippen LogP contribution >= 0.6 is 0 Å². The van der Waals surface area contributed by atoms with Gasteiger partial charge in [-0.25, -0.2) is 0 Å². The second-order valence-electron chi connectivity index (χ2n) is 6.24. The molecule has 4 heteroatoms. The Hall–Kier alpha value is -1.52. The predicted octanol–water partition coefficient (Wildman–Crippen LogP) is 2.78. The van der Waals surface area contributed by atoms with Crippen molar-refractivity contribution < 1.29 is 9.31 Å². The first kappa shape index (κ1) is 13.5. The third kappa shape index (κ3) is 2.09. The summed E-state index contributed by atoms with van der Waals surface area (Å²) in [5.41, 5.74) is 1.52. The average molecular weight is 269 g/mol. The third-order valence-corrected chi connectivity index (χ3v) is 4.33. The maximum absolute atomic E-state index is 6.15. The van der Waals surface area contributed by atoms with Gasteiger partial charge in [0.15, 0.2) is 0 Å². The molecule has 1 aromatic heterocycles. The Bertz CT molecular complexity index is 589. The van der Waals surface area contributed by atoms with Crippen molar-refractivity contribution in [3.05, 3.63) is 48.8 Å². The van der Waals surface area contributed by atoms with E-state index in [1.807, 2.05) is 36.7 Å². The number of hydrogen-bond donors (Lipinski definition) is 0. The Morgan fingerprint density at radius 1 is 0.850 bits per heavy atom. The zero-order valence-corrected chi connectivity index (χ0v) is 12.5. The van der Waals surface area contributed by atoms with E-state index in [4.69, 9.17) is 9.31 Å². The summed E-state index contributed by atoms with van der Waals surface area (Å²) < 4.78 is 14.4. The van der Waals surface area contributed by atoms with Gasteiger partial charge in [-0.2, -0.15) is 0 Å². The Labute approximate surface area is 120 Å². The van der Waals surface area contributed by atoms with Crippen LogP contribution in [0, 0.1) is 0 Å². The van der Waals surface area contributed by atoms with E-state index in [1.165, 1.54) is 0 Å². The van der Waals surface area contributed by atoms with E-state index in [2.05, 4.69) is 44.4 Å². The van der Waals surface area contributed by atoms with Crippen LogP contribution in [-0.4, -0.2) is 22.9 Å².